The second-order valence-electron chi connectivity index (χ2n) is 6.52. The molecule has 0 bridgehead atoms. The van der Waals surface area contributed by atoms with Gasteiger partial charge in [0.2, 0.25) is 5.91 Å². The molecule has 0 aromatic carbocycles. The molecule has 0 aromatic rings. The van der Waals surface area contributed by atoms with E-state index in [2.05, 4.69) is 19.2 Å². The van der Waals surface area contributed by atoms with Crippen LogP contribution in [0.1, 0.15) is 52.4 Å². The molecule has 2 rings (SSSR count). The standard InChI is InChI=1S/C14H25NO2/c1-14(2)6-4-3-5-12(14)13(17)15-9-10-7-11(16)8-10/h10-12,16H,3-9H2,1-2H3,(H,15,17). The second kappa shape index (κ2) is 4.97. The molecule has 2 aliphatic carbocycles. The lowest BCUT2D eigenvalue weighted by molar-refractivity contribution is -0.130. The lowest BCUT2D eigenvalue weighted by Crippen LogP contribution is -2.44. The van der Waals surface area contributed by atoms with Crippen LogP contribution in [0, 0.1) is 17.3 Å². The first-order valence-corrected chi connectivity index (χ1v) is 6.95. The summed E-state index contributed by atoms with van der Waals surface area (Å²) in [5, 5.41) is 12.3. The third-order valence-corrected chi connectivity index (χ3v) is 4.60. The van der Waals surface area contributed by atoms with Gasteiger partial charge in [-0.15, -0.1) is 0 Å². The Morgan fingerprint density at radius 1 is 1.35 bits per heavy atom. The molecule has 0 saturated heterocycles. The van der Waals surface area contributed by atoms with Crippen molar-refractivity contribution in [3.05, 3.63) is 0 Å². The van der Waals surface area contributed by atoms with E-state index in [9.17, 15) is 9.90 Å². The summed E-state index contributed by atoms with van der Waals surface area (Å²) >= 11 is 0. The smallest absolute Gasteiger partial charge is 0.223 e. The van der Waals surface area contributed by atoms with Gasteiger partial charge in [0.25, 0.3) is 0 Å². The number of hydrogen-bond acceptors (Lipinski definition) is 2. The van der Waals surface area contributed by atoms with Gasteiger partial charge in [0, 0.05) is 12.5 Å². The minimum absolute atomic E-state index is 0.122. The van der Waals surface area contributed by atoms with Crippen molar-refractivity contribution in [2.24, 2.45) is 17.3 Å². The predicted molar refractivity (Wildman–Crippen MR) is 67.5 cm³/mol. The molecule has 3 nitrogen and oxygen atoms in total. The van der Waals surface area contributed by atoms with Crippen molar-refractivity contribution in [1.82, 2.24) is 5.32 Å². The van der Waals surface area contributed by atoms with Crippen molar-refractivity contribution in [3.8, 4) is 0 Å². The van der Waals surface area contributed by atoms with Crippen LogP contribution in [0.15, 0.2) is 0 Å². The highest BCUT2D eigenvalue weighted by molar-refractivity contribution is 5.79. The summed E-state index contributed by atoms with van der Waals surface area (Å²) < 4.78 is 0. The number of amides is 1. The van der Waals surface area contributed by atoms with Crippen LogP contribution >= 0.6 is 0 Å². The molecular formula is C14H25NO2. The van der Waals surface area contributed by atoms with Crippen molar-refractivity contribution >= 4 is 5.91 Å². The highest BCUT2D eigenvalue weighted by Crippen LogP contribution is 2.40. The Labute approximate surface area is 104 Å². The van der Waals surface area contributed by atoms with Crippen LogP contribution in [0.5, 0.6) is 0 Å². The van der Waals surface area contributed by atoms with Gasteiger partial charge in [0.15, 0.2) is 0 Å². The fourth-order valence-corrected chi connectivity index (χ4v) is 3.22. The van der Waals surface area contributed by atoms with Gasteiger partial charge < -0.3 is 10.4 Å². The molecule has 2 fully saturated rings. The maximum absolute atomic E-state index is 12.2. The van der Waals surface area contributed by atoms with E-state index in [1.165, 1.54) is 12.8 Å². The molecule has 0 aromatic heterocycles. The second-order valence-corrected chi connectivity index (χ2v) is 6.52. The zero-order valence-electron chi connectivity index (χ0n) is 11.0. The molecular weight excluding hydrogens is 214 g/mol. The van der Waals surface area contributed by atoms with Crippen molar-refractivity contribution < 1.29 is 9.90 Å². The minimum Gasteiger partial charge on any atom is -0.393 e. The van der Waals surface area contributed by atoms with Crippen molar-refractivity contribution in [1.29, 1.82) is 0 Å². The van der Waals surface area contributed by atoms with E-state index < -0.39 is 0 Å². The van der Waals surface area contributed by atoms with Crippen molar-refractivity contribution in [3.63, 3.8) is 0 Å². The van der Waals surface area contributed by atoms with E-state index in [1.54, 1.807) is 0 Å². The van der Waals surface area contributed by atoms with Gasteiger partial charge >= 0.3 is 0 Å². The van der Waals surface area contributed by atoms with Crippen LogP contribution < -0.4 is 5.32 Å². The number of carbonyl (C=O) groups excluding carboxylic acids is 1. The fourth-order valence-electron chi connectivity index (χ4n) is 3.22. The van der Waals surface area contributed by atoms with Crippen LogP contribution in [-0.2, 0) is 4.79 Å². The normalized spacial score (nSPS) is 36.1. The van der Waals surface area contributed by atoms with Crippen LogP contribution in [0.4, 0.5) is 0 Å². The zero-order valence-corrected chi connectivity index (χ0v) is 11.0. The minimum atomic E-state index is -0.122. The van der Waals surface area contributed by atoms with E-state index >= 15 is 0 Å². The molecule has 98 valence electrons. The number of aliphatic hydroxyl groups excluding tert-OH is 1. The highest BCUT2D eigenvalue weighted by atomic mass is 16.3. The third kappa shape index (κ3) is 3.01. The van der Waals surface area contributed by atoms with E-state index in [-0.39, 0.29) is 23.3 Å². The Morgan fingerprint density at radius 3 is 2.65 bits per heavy atom. The first kappa shape index (κ1) is 12.9. The number of nitrogens with one attached hydrogen (secondary N) is 1. The number of rotatable bonds is 3. The largest absolute Gasteiger partial charge is 0.393 e. The molecule has 0 radical (unpaired) electrons. The molecule has 0 spiro atoms. The third-order valence-electron chi connectivity index (χ3n) is 4.60. The molecule has 1 unspecified atom stereocenters. The molecule has 2 aliphatic rings. The van der Waals surface area contributed by atoms with Crippen molar-refractivity contribution in [2.75, 3.05) is 6.54 Å². The summed E-state index contributed by atoms with van der Waals surface area (Å²) in [4.78, 5) is 12.2. The summed E-state index contributed by atoms with van der Waals surface area (Å²) in [6.45, 7) is 5.18. The molecule has 3 heteroatoms. The molecule has 1 amide bonds. The maximum atomic E-state index is 12.2. The van der Waals surface area contributed by atoms with E-state index in [1.807, 2.05) is 0 Å². The Hall–Kier alpha value is -0.570. The van der Waals surface area contributed by atoms with Crippen LogP contribution in [0.25, 0.3) is 0 Å². The van der Waals surface area contributed by atoms with Gasteiger partial charge in [0.05, 0.1) is 6.10 Å². The van der Waals surface area contributed by atoms with Gasteiger partial charge in [-0.25, -0.2) is 0 Å². The Morgan fingerprint density at radius 2 is 2.06 bits per heavy atom. The Balaban J connectivity index is 1.78. The summed E-state index contributed by atoms with van der Waals surface area (Å²) in [6, 6.07) is 0. The van der Waals surface area contributed by atoms with Crippen molar-refractivity contribution in [2.45, 2.75) is 58.5 Å². The number of carbonyl (C=O) groups is 1. The van der Waals surface area contributed by atoms with Gasteiger partial charge in [-0.1, -0.05) is 26.7 Å². The quantitative estimate of drug-likeness (QED) is 0.792. The van der Waals surface area contributed by atoms with Gasteiger partial charge in [-0.3, -0.25) is 4.79 Å². The first-order valence-electron chi connectivity index (χ1n) is 6.95. The number of hydrogen-bond donors (Lipinski definition) is 2. The van der Waals surface area contributed by atoms with Crippen LogP contribution in [-0.4, -0.2) is 23.7 Å². The molecule has 17 heavy (non-hydrogen) atoms. The SMILES string of the molecule is CC1(C)CCCCC1C(=O)NCC1CC(O)C1. The monoisotopic (exact) mass is 239 g/mol. The number of aliphatic hydroxyl groups is 1. The van der Waals surface area contributed by atoms with Crippen LogP contribution in [0.2, 0.25) is 0 Å². The predicted octanol–water partition coefficient (Wildman–Crippen LogP) is 2.09. The van der Waals surface area contributed by atoms with Gasteiger partial charge in [-0.2, -0.15) is 0 Å². The summed E-state index contributed by atoms with van der Waals surface area (Å²) in [7, 11) is 0. The van der Waals surface area contributed by atoms with E-state index in [0.717, 1.165) is 32.2 Å². The summed E-state index contributed by atoms with van der Waals surface area (Å²) in [6.07, 6.45) is 6.22. The maximum Gasteiger partial charge on any atom is 0.223 e. The van der Waals surface area contributed by atoms with E-state index in [4.69, 9.17) is 0 Å². The average molecular weight is 239 g/mol. The lowest BCUT2D eigenvalue weighted by Gasteiger charge is -2.38. The molecule has 1 atom stereocenters. The van der Waals surface area contributed by atoms with Crippen LogP contribution in [0.3, 0.4) is 0 Å². The van der Waals surface area contributed by atoms with E-state index in [0.29, 0.717) is 5.92 Å². The summed E-state index contributed by atoms with van der Waals surface area (Å²) in [5.74, 6) is 0.915. The average Bonchev–Trinajstić information content (AvgIpc) is 2.21. The highest BCUT2D eigenvalue weighted by Gasteiger charge is 2.37. The topological polar surface area (TPSA) is 49.3 Å². The first-order chi connectivity index (χ1) is 7.99. The zero-order chi connectivity index (χ0) is 12.5. The Kier molecular flexibility index (Phi) is 3.76. The lowest BCUT2D eigenvalue weighted by atomic mass is 9.68. The summed E-state index contributed by atoms with van der Waals surface area (Å²) in [5.41, 5.74) is 0.154. The molecule has 0 heterocycles. The Bertz CT molecular complexity index is 282. The molecule has 2 saturated carbocycles. The molecule has 0 aliphatic heterocycles. The fraction of sp³-hybridized carbons (Fsp3) is 0.929. The van der Waals surface area contributed by atoms with Gasteiger partial charge in [-0.05, 0) is 37.0 Å². The molecule has 2 N–H and O–H groups in total. The van der Waals surface area contributed by atoms with Gasteiger partial charge in [0.1, 0.15) is 0 Å².